The summed E-state index contributed by atoms with van der Waals surface area (Å²) in [5, 5.41) is 11.1. The van der Waals surface area contributed by atoms with E-state index in [9.17, 15) is 28.7 Å². The summed E-state index contributed by atoms with van der Waals surface area (Å²) in [4.78, 5) is 50.9. The molecule has 2 aliphatic rings. The van der Waals surface area contributed by atoms with Crippen LogP contribution in [0.25, 0.3) is 0 Å². The quantitative estimate of drug-likeness (QED) is 0.0255. The third-order valence-electron chi connectivity index (χ3n) is 11.5. The maximum absolute atomic E-state index is 13.7. The van der Waals surface area contributed by atoms with Gasteiger partial charge in [0.1, 0.15) is 11.9 Å². The first-order valence-corrected chi connectivity index (χ1v) is 22.1. The number of benzene rings is 1. The van der Waals surface area contributed by atoms with Gasteiger partial charge in [-0.1, -0.05) is 102 Å². The molecule has 1 aliphatic carbocycles. The number of methoxy groups -OCH3 is 1. The van der Waals surface area contributed by atoms with Crippen molar-refractivity contribution >= 4 is 23.9 Å². The van der Waals surface area contributed by atoms with E-state index in [0.717, 1.165) is 108 Å². The number of hydrogen-bond acceptors (Lipinski definition) is 10. The van der Waals surface area contributed by atoms with Gasteiger partial charge in [-0.3, -0.25) is 24.1 Å². The minimum absolute atomic E-state index is 0.0332. The molecule has 1 aliphatic heterocycles. The molecule has 0 spiro atoms. The summed E-state index contributed by atoms with van der Waals surface area (Å²) in [6, 6.07) is 6.35. The first kappa shape index (κ1) is 48.1. The van der Waals surface area contributed by atoms with Crippen LogP contribution < -0.4 is 0 Å². The molecule has 0 bridgehead atoms. The molecule has 11 heteroatoms. The van der Waals surface area contributed by atoms with Gasteiger partial charge in [-0.05, 0) is 81.9 Å². The predicted molar refractivity (Wildman–Crippen MR) is 219 cm³/mol. The minimum Gasteiger partial charge on any atom is -0.469 e. The summed E-state index contributed by atoms with van der Waals surface area (Å²) in [5.74, 6) is -1.87. The summed E-state index contributed by atoms with van der Waals surface area (Å²) >= 11 is 0. The molecule has 1 N–H and O–H groups in total. The van der Waals surface area contributed by atoms with Crippen LogP contribution in [0.2, 0.25) is 0 Å². The highest BCUT2D eigenvalue weighted by molar-refractivity contribution is 5.75. The van der Waals surface area contributed by atoms with Crippen LogP contribution in [0.1, 0.15) is 167 Å². The van der Waals surface area contributed by atoms with E-state index in [1.807, 2.05) is 6.08 Å². The largest absolute Gasteiger partial charge is 0.469 e. The normalized spacial score (nSPS) is 21.0. The molecule has 3 rings (SSSR count). The van der Waals surface area contributed by atoms with E-state index in [4.69, 9.17) is 18.9 Å². The number of aliphatic hydroxyl groups excluding tert-OH is 1. The summed E-state index contributed by atoms with van der Waals surface area (Å²) < 4.78 is 35.1. The molecule has 57 heavy (non-hydrogen) atoms. The number of unbranched alkanes of at least 4 members (excludes halogenated alkanes) is 14. The number of nitrogens with zero attached hydrogens (tertiary/aromatic N) is 1. The molecule has 7 atom stereocenters. The monoisotopic (exact) mass is 802 g/mol. The van der Waals surface area contributed by atoms with E-state index in [1.54, 1.807) is 12.1 Å². The predicted octanol–water partition coefficient (Wildman–Crippen LogP) is 9.30. The number of carbonyl (C=O) groups is 4. The van der Waals surface area contributed by atoms with Crippen molar-refractivity contribution in [3.8, 4) is 0 Å². The van der Waals surface area contributed by atoms with Crippen LogP contribution in [0.3, 0.4) is 0 Å². The zero-order valence-corrected chi connectivity index (χ0v) is 35.1. The van der Waals surface area contributed by atoms with Gasteiger partial charge in [-0.25, -0.2) is 4.39 Å². The number of carbonyl (C=O) groups excluding carboxylic acids is 4. The number of rotatable bonds is 31. The smallest absolute Gasteiger partial charge is 0.320 e. The molecule has 322 valence electrons. The lowest BCUT2D eigenvalue weighted by Crippen LogP contribution is -2.34. The molecule has 10 nitrogen and oxygen atoms in total. The third-order valence-corrected chi connectivity index (χ3v) is 11.5. The van der Waals surface area contributed by atoms with Gasteiger partial charge in [0.25, 0.3) is 0 Å². The van der Waals surface area contributed by atoms with Gasteiger partial charge in [-0.15, -0.1) is 0 Å². The Balaban J connectivity index is 1.26. The minimum atomic E-state index is -0.796. The van der Waals surface area contributed by atoms with E-state index >= 15 is 0 Å². The van der Waals surface area contributed by atoms with Crippen LogP contribution in [0, 0.1) is 11.7 Å². The molecule has 1 heterocycles. The first-order valence-electron chi connectivity index (χ1n) is 22.1. The molecule has 1 aromatic rings. The lowest BCUT2D eigenvalue weighted by atomic mass is 9.75. The standard InChI is InChI=1S/C46H72FNO9/c1-4-5-18-24-41(57-43(52)34-48-39-31-30-38(46(53)54-3)44(45(39)48)36-26-28-37(47)29-27-36)40(50)23-19-14-10-6-7-11-15-20-25-42(51)56-33-22-17-13-9-8-12-16-21-32-55-35(2)49/h14,19,26-29,38-41,44-45,50H,4-13,15-18,20-25,30-34H2,1-3H3/b19-14-/t38?,39?,40?,41?,44-,45-,48?/m0/s1. The van der Waals surface area contributed by atoms with Crippen molar-refractivity contribution in [3.05, 3.63) is 47.8 Å². The summed E-state index contributed by atoms with van der Waals surface area (Å²) in [5.41, 5.74) is 0.863. The van der Waals surface area contributed by atoms with Crippen molar-refractivity contribution in [2.45, 2.75) is 185 Å². The van der Waals surface area contributed by atoms with Crippen LogP contribution in [0.15, 0.2) is 36.4 Å². The van der Waals surface area contributed by atoms with Gasteiger partial charge < -0.3 is 24.1 Å². The number of esters is 4. The Morgan fingerprint density at radius 1 is 0.807 bits per heavy atom. The highest BCUT2D eigenvalue weighted by atomic mass is 19.1. The Bertz CT molecular complexity index is 1340. The molecule has 0 aromatic heterocycles. The maximum Gasteiger partial charge on any atom is 0.320 e. The average Bonchev–Trinajstić information content (AvgIpc) is 3.89. The number of likely N-dealkylation sites (tertiary alicyclic amines) is 1. The fraction of sp³-hybridized carbons (Fsp3) is 0.739. The fourth-order valence-electron chi connectivity index (χ4n) is 8.24. The Hall–Kier alpha value is -3.31. The number of halogens is 1. The zero-order valence-electron chi connectivity index (χ0n) is 35.1. The van der Waals surface area contributed by atoms with E-state index in [1.165, 1.54) is 39.0 Å². The summed E-state index contributed by atoms with van der Waals surface area (Å²) in [7, 11) is 1.39. The van der Waals surface area contributed by atoms with Gasteiger partial charge in [0.05, 0.1) is 38.9 Å². The van der Waals surface area contributed by atoms with E-state index < -0.39 is 12.2 Å². The second kappa shape index (κ2) is 28.2. The number of hydrogen-bond donors (Lipinski definition) is 1. The Kier molecular flexibility index (Phi) is 23.8. The molecule has 0 radical (unpaired) electrons. The lowest BCUT2D eigenvalue weighted by Gasteiger charge is -2.28. The zero-order chi connectivity index (χ0) is 41.3. The van der Waals surface area contributed by atoms with Crippen LogP contribution in [0.5, 0.6) is 0 Å². The molecule has 2 fully saturated rings. The fourth-order valence-corrected chi connectivity index (χ4v) is 8.24. The van der Waals surface area contributed by atoms with Crippen LogP contribution in [0.4, 0.5) is 4.39 Å². The Morgan fingerprint density at radius 3 is 2.09 bits per heavy atom. The van der Waals surface area contributed by atoms with Crippen molar-refractivity contribution in [2.75, 3.05) is 26.9 Å². The third kappa shape index (κ3) is 18.9. The lowest BCUT2D eigenvalue weighted by molar-refractivity contribution is -0.155. The first-order chi connectivity index (χ1) is 27.7. The van der Waals surface area contributed by atoms with E-state index in [-0.39, 0.29) is 60.2 Å². The Labute approximate surface area is 341 Å². The second-order valence-corrected chi connectivity index (χ2v) is 16.0. The highest BCUT2D eigenvalue weighted by Crippen LogP contribution is 2.51. The SMILES string of the molecule is CCCCCC(OC(=O)CN1C2CCC(C(=O)OC)[C@H](c3ccc(F)cc3)[C@H]21)C(O)C/C=C\CCCCCCCC(=O)OCCCCCCCCCCOC(C)=O. The van der Waals surface area contributed by atoms with E-state index in [2.05, 4.69) is 17.9 Å². The molecular formula is C46H72FNO9. The summed E-state index contributed by atoms with van der Waals surface area (Å²) in [6.07, 6.45) is 23.1. The van der Waals surface area contributed by atoms with Crippen molar-refractivity contribution in [1.29, 1.82) is 0 Å². The van der Waals surface area contributed by atoms with Gasteiger partial charge in [0, 0.05) is 31.3 Å². The average molecular weight is 802 g/mol. The number of aliphatic hydroxyl groups is 1. The van der Waals surface area contributed by atoms with Crippen LogP contribution in [-0.4, -0.2) is 85.0 Å². The van der Waals surface area contributed by atoms with Gasteiger partial charge in [0.2, 0.25) is 0 Å². The molecule has 1 saturated carbocycles. The van der Waals surface area contributed by atoms with Crippen molar-refractivity contribution in [3.63, 3.8) is 0 Å². The van der Waals surface area contributed by atoms with Crippen molar-refractivity contribution < 1.29 is 47.6 Å². The molecule has 1 aromatic carbocycles. The highest BCUT2D eigenvalue weighted by Gasteiger charge is 2.59. The second-order valence-electron chi connectivity index (χ2n) is 16.0. The number of ether oxygens (including phenoxy) is 4. The maximum atomic E-state index is 13.7. The van der Waals surface area contributed by atoms with Crippen LogP contribution in [-0.2, 0) is 38.1 Å². The van der Waals surface area contributed by atoms with Gasteiger partial charge in [0.15, 0.2) is 0 Å². The summed E-state index contributed by atoms with van der Waals surface area (Å²) in [6.45, 7) is 4.66. The van der Waals surface area contributed by atoms with Gasteiger partial charge >= 0.3 is 23.9 Å². The van der Waals surface area contributed by atoms with Crippen LogP contribution >= 0.6 is 0 Å². The van der Waals surface area contributed by atoms with Gasteiger partial charge in [-0.2, -0.15) is 0 Å². The number of fused-ring (bicyclic) bond motifs is 1. The molecule has 1 saturated heterocycles. The molecule has 0 amide bonds. The molecule has 5 unspecified atom stereocenters. The topological polar surface area (TPSA) is 128 Å². The van der Waals surface area contributed by atoms with E-state index in [0.29, 0.717) is 38.9 Å². The van der Waals surface area contributed by atoms with Crippen molar-refractivity contribution in [1.82, 2.24) is 4.90 Å². The number of allylic oxidation sites excluding steroid dienone is 1. The van der Waals surface area contributed by atoms with Crippen molar-refractivity contribution in [2.24, 2.45) is 5.92 Å². The molecular weight excluding hydrogens is 730 g/mol. The Morgan fingerprint density at radius 2 is 1.44 bits per heavy atom.